The van der Waals surface area contributed by atoms with Crippen molar-refractivity contribution in [2.45, 2.75) is 50.2 Å². The van der Waals surface area contributed by atoms with E-state index < -0.39 is 0 Å². The maximum absolute atomic E-state index is 11.8. The SMILES string of the molecule is CC(Sc1nnnn1CCNC(C)(C)C)C(=O)N(C)C. The number of tetrazole rings is 1. The fourth-order valence-electron chi connectivity index (χ4n) is 1.53. The van der Waals surface area contributed by atoms with E-state index in [0.29, 0.717) is 11.7 Å². The molecule has 0 spiro atoms. The lowest BCUT2D eigenvalue weighted by Gasteiger charge is -2.20. The Labute approximate surface area is 124 Å². The lowest BCUT2D eigenvalue weighted by molar-refractivity contribution is -0.127. The molecule has 1 heterocycles. The number of hydrogen-bond acceptors (Lipinski definition) is 6. The van der Waals surface area contributed by atoms with Gasteiger partial charge in [0.05, 0.1) is 11.8 Å². The molecule has 0 aliphatic heterocycles. The van der Waals surface area contributed by atoms with Gasteiger partial charge in [0.25, 0.3) is 0 Å². The van der Waals surface area contributed by atoms with Crippen LogP contribution in [0.4, 0.5) is 0 Å². The first kappa shape index (κ1) is 16.9. The quantitative estimate of drug-likeness (QED) is 0.777. The van der Waals surface area contributed by atoms with Crippen LogP contribution in [0.15, 0.2) is 5.16 Å². The third kappa shape index (κ3) is 5.46. The lowest BCUT2D eigenvalue weighted by atomic mass is 10.1. The predicted molar refractivity (Wildman–Crippen MR) is 79.6 cm³/mol. The van der Waals surface area contributed by atoms with Crippen molar-refractivity contribution in [1.82, 2.24) is 30.4 Å². The monoisotopic (exact) mass is 300 g/mol. The minimum Gasteiger partial charge on any atom is -0.348 e. The summed E-state index contributed by atoms with van der Waals surface area (Å²) < 4.78 is 1.73. The Morgan fingerprint density at radius 3 is 2.65 bits per heavy atom. The largest absolute Gasteiger partial charge is 0.348 e. The summed E-state index contributed by atoms with van der Waals surface area (Å²) in [5.74, 6) is 0.0531. The molecular formula is C12H24N6OS. The number of thioether (sulfide) groups is 1. The van der Waals surface area contributed by atoms with Crippen molar-refractivity contribution in [2.24, 2.45) is 0 Å². The second-order valence-electron chi connectivity index (χ2n) is 5.85. The first-order chi connectivity index (χ1) is 9.20. The van der Waals surface area contributed by atoms with Gasteiger partial charge in [-0.3, -0.25) is 4.79 Å². The first-order valence-corrected chi connectivity index (χ1v) is 7.47. The molecule has 0 radical (unpaired) electrons. The summed E-state index contributed by atoms with van der Waals surface area (Å²) in [6.07, 6.45) is 0. The van der Waals surface area contributed by atoms with Gasteiger partial charge in [0.1, 0.15) is 0 Å². The van der Waals surface area contributed by atoms with Crippen molar-refractivity contribution < 1.29 is 4.79 Å². The van der Waals surface area contributed by atoms with Crippen LogP contribution in [-0.2, 0) is 11.3 Å². The number of carbonyl (C=O) groups excluding carboxylic acids is 1. The third-order valence-electron chi connectivity index (χ3n) is 2.55. The average molecular weight is 300 g/mol. The molecule has 1 atom stereocenters. The van der Waals surface area contributed by atoms with Crippen LogP contribution in [0.1, 0.15) is 27.7 Å². The van der Waals surface area contributed by atoms with Gasteiger partial charge in [-0.15, -0.1) is 5.10 Å². The molecule has 0 aliphatic carbocycles. The molecule has 1 aromatic heterocycles. The van der Waals surface area contributed by atoms with Gasteiger partial charge in [-0.25, -0.2) is 4.68 Å². The van der Waals surface area contributed by atoms with Gasteiger partial charge in [-0.1, -0.05) is 11.8 Å². The number of hydrogen-bond donors (Lipinski definition) is 1. The molecule has 1 rings (SSSR count). The second kappa shape index (κ2) is 7.03. The van der Waals surface area contributed by atoms with Gasteiger partial charge in [0.15, 0.2) is 0 Å². The highest BCUT2D eigenvalue weighted by molar-refractivity contribution is 8.00. The summed E-state index contributed by atoms with van der Waals surface area (Å²) >= 11 is 1.38. The van der Waals surface area contributed by atoms with E-state index in [-0.39, 0.29) is 16.7 Å². The van der Waals surface area contributed by atoms with Crippen LogP contribution in [0.3, 0.4) is 0 Å². The summed E-state index contributed by atoms with van der Waals surface area (Å²) in [7, 11) is 3.49. The smallest absolute Gasteiger partial charge is 0.235 e. The molecule has 1 amide bonds. The summed E-state index contributed by atoms with van der Waals surface area (Å²) in [6, 6.07) is 0. The molecule has 0 aromatic carbocycles. The summed E-state index contributed by atoms with van der Waals surface area (Å²) in [5.41, 5.74) is 0.0650. The van der Waals surface area contributed by atoms with E-state index >= 15 is 0 Å². The molecular weight excluding hydrogens is 276 g/mol. The van der Waals surface area contributed by atoms with Crippen molar-refractivity contribution >= 4 is 17.7 Å². The number of carbonyl (C=O) groups is 1. The zero-order valence-corrected chi connectivity index (χ0v) is 13.9. The molecule has 0 saturated carbocycles. The molecule has 8 heteroatoms. The number of aromatic nitrogens is 4. The Morgan fingerprint density at radius 1 is 1.45 bits per heavy atom. The predicted octanol–water partition coefficient (Wildman–Crippen LogP) is 0.630. The highest BCUT2D eigenvalue weighted by atomic mass is 32.2. The van der Waals surface area contributed by atoms with Crippen LogP contribution in [0.5, 0.6) is 0 Å². The highest BCUT2D eigenvalue weighted by Crippen LogP contribution is 2.21. The zero-order valence-electron chi connectivity index (χ0n) is 13.0. The van der Waals surface area contributed by atoms with Gasteiger partial charge < -0.3 is 10.2 Å². The molecule has 0 aliphatic rings. The van der Waals surface area contributed by atoms with Crippen molar-refractivity contribution in [1.29, 1.82) is 0 Å². The summed E-state index contributed by atoms with van der Waals surface area (Å²) in [4.78, 5) is 13.4. The van der Waals surface area contributed by atoms with Crippen molar-refractivity contribution in [2.75, 3.05) is 20.6 Å². The Morgan fingerprint density at radius 2 is 2.10 bits per heavy atom. The van der Waals surface area contributed by atoms with Crippen molar-refractivity contribution in [3.8, 4) is 0 Å². The van der Waals surface area contributed by atoms with E-state index in [2.05, 4.69) is 41.6 Å². The van der Waals surface area contributed by atoms with E-state index in [1.165, 1.54) is 11.8 Å². The Bertz CT molecular complexity index is 439. The fourth-order valence-corrected chi connectivity index (χ4v) is 2.49. The molecule has 0 fully saturated rings. The van der Waals surface area contributed by atoms with Gasteiger partial charge >= 0.3 is 0 Å². The van der Waals surface area contributed by atoms with Crippen LogP contribution in [-0.4, -0.2) is 62.4 Å². The Hall–Kier alpha value is -1.15. The molecule has 0 saturated heterocycles. The molecule has 7 nitrogen and oxygen atoms in total. The highest BCUT2D eigenvalue weighted by Gasteiger charge is 2.20. The first-order valence-electron chi connectivity index (χ1n) is 6.60. The number of rotatable bonds is 6. The molecule has 20 heavy (non-hydrogen) atoms. The van der Waals surface area contributed by atoms with Gasteiger partial charge in [0, 0.05) is 26.2 Å². The minimum absolute atomic E-state index is 0.0531. The lowest BCUT2D eigenvalue weighted by Crippen LogP contribution is -2.38. The number of amides is 1. The Balaban J connectivity index is 2.56. The van der Waals surface area contributed by atoms with Crippen LogP contribution in [0, 0.1) is 0 Å². The third-order valence-corrected chi connectivity index (χ3v) is 3.61. The van der Waals surface area contributed by atoms with Gasteiger partial charge in [0.2, 0.25) is 11.1 Å². The van der Waals surface area contributed by atoms with Gasteiger partial charge in [-0.2, -0.15) is 0 Å². The maximum Gasteiger partial charge on any atom is 0.235 e. The standard InChI is InChI=1S/C12H24N6OS/c1-9(10(19)17(5)6)20-11-14-15-16-18(11)8-7-13-12(2,3)4/h9,13H,7-8H2,1-6H3. The molecule has 1 aromatic rings. The number of nitrogens with one attached hydrogen (secondary N) is 1. The Kier molecular flexibility index (Phi) is 5.94. The van der Waals surface area contributed by atoms with Crippen LogP contribution in [0.25, 0.3) is 0 Å². The second-order valence-corrected chi connectivity index (χ2v) is 7.16. The van der Waals surface area contributed by atoms with Crippen LogP contribution in [0.2, 0.25) is 0 Å². The number of nitrogens with zero attached hydrogens (tertiary/aromatic N) is 5. The summed E-state index contributed by atoms with van der Waals surface area (Å²) in [5, 5.41) is 15.5. The van der Waals surface area contributed by atoms with Crippen molar-refractivity contribution in [3.63, 3.8) is 0 Å². The normalized spacial score (nSPS) is 13.3. The molecule has 1 unspecified atom stereocenters. The molecule has 1 N–H and O–H groups in total. The van der Waals surface area contributed by atoms with Gasteiger partial charge in [-0.05, 0) is 38.1 Å². The van der Waals surface area contributed by atoms with Crippen LogP contribution >= 0.6 is 11.8 Å². The fraction of sp³-hybridized carbons (Fsp3) is 0.833. The topological polar surface area (TPSA) is 75.9 Å². The average Bonchev–Trinajstić information content (AvgIpc) is 2.74. The maximum atomic E-state index is 11.8. The van der Waals surface area contributed by atoms with Crippen LogP contribution < -0.4 is 5.32 Å². The molecule has 114 valence electrons. The van der Waals surface area contributed by atoms with Crippen molar-refractivity contribution in [3.05, 3.63) is 0 Å². The van der Waals surface area contributed by atoms with E-state index in [0.717, 1.165) is 6.54 Å². The van der Waals surface area contributed by atoms with E-state index in [1.54, 1.807) is 23.7 Å². The molecule has 0 bridgehead atoms. The van der Waals surface area contributed by atoms with E-state index in [1.807, 2.05) is 6.92 Å². The van der Waals surface area contributed by atoms with E-state index in [9.17, 15) is 4.79 Å². The minimum atomic E-state index is -0.203. The van der Waals surface area contributed by atoms with E-state index in [4.69, 9.17) is 0 Å². The summed E-state index contributed by atoms with van der Waals surface area (Å²) in [6.45, 7) is 9.65. The zero-order chi connectivity index (χ0) is 15.3.